The number of hydrogen-bond donors (Lipinski definition) is 1. The molecule has 8 heteroatoms. The molecule has 0 saturated carbocycles. The fourth-order valence-electron chi connectivity index (χ4n) is 2.48. The average molecular weight is 390 g/mol. The van der Waals surface area contributed by atoms with Gasteiger partial charge in [0.2, 0.25) is 0 Å². The van der Waals surface area contributed by atoms with Gasteiger partial charge < -0.3 is 9.47 Å². The minimum atomic E-state index is -3.89. The Morgan fingerprint density at radius 1 is 1.08 bits per heavy atom. The number of rotatable bonds is 6. The van der Waals surface area contributed by atoms with Gasteiger partial charge in [0.05, 0.1) is 30.6 Å². The van der Waals surface area contributed by atoms with E-state index in [1.807, 2.05) is 24.4 Å². The summed E-state index contributed by atoms with van der Waals surface area (Å²) in [6.45, 7) is 1.90. The standard InChI is InChI=1S/C18H18N2O4S2/c1-12-19-16(11-25-12)14-6-4-5-7-15(14)20-26(21,22)18-10-13(23-2)8-9-17(18)24-3/h4-11,20H,1-3H3. The van der Waals surface area contributed by atoms with E-state index in [4.69, 9.17) is 9.47 Å². The van der Waals surface area contributed by atoms with Crippen molar-refractivity contribution in [2.45, 2.75) is 11.8 Å². The molecule has 1 aromatic heterocycles. The molecule has 0 aliphatic rings. The molecular formula is C18H18N2O4S2. The predicted molar refractivity (Wildman–Crippen MR) is 103 cm³/mol. The number of methoxy groups -OCH3 is 2. The summed E-state index contributed by atoms with van der Waals surface area (Å²) in [6, 6.07) is 11.8. The van der Waals surface area contributed by atoms with E-state index in [0.717, 1.165) is 10.7 Å². The summed E-state index contributed by atoms with van der Waals surface area (Å²) in [5, 5.41) is 2.81. The first kappa shape index (κ1) is 18.2. The van der Waals surface area contributed by atoms with Crippen LogP contribution in [0.3, 0.4) is 0 Å². The van der Waals surface area contributed by atoms with E-state index in [1.165, 1.54) is 31.6 Å². The predicted octanol–water partition coefficient (Wildman–Crippen LogP) is 3.94. The molecule has 26 heavy (non-hydrogen) atoms. The van der Waals surface area contributed by atoms with Crippen LogP contribution in [0.4, 0.5) is 5.69 Å². The smallest absolute Gasteiger partial charge is 0.265 e. The Bertz CT molecular complexity index is 1030. The number of thiazole rings is 1. The maximum Gasteiger partial charge on any atom is 0.265 e. The summed E-state index contributed by atoms with van der Waals surface area (Å²) >= 11 is 1.51. The normalized spacial score (nSPS) is 11.2. The van der Waals surface area contributed by atoms with Crippen LogP contribution in [0.5, 0.6) is 11.5 Å². The van der Waals surface area contributed by atoms with Crippen LogP contribution in [0.25, 0.3) is 11.3 Å². The van der Waals surface area contributed by atoms with Crippen LogP contribution in [0.15, 0.2) is 52.7 Å². The van der Waals surface area contributed by atoms with Crippen molar-refractivity contribution in [3.05, 3.63) is 52.9 Å². The van der Waals surface area contributed by atoms with Crippen molar-refractivity contribution in [3.8, 4) is 22.8 Å². The molecule has 0 saturated heterocycles. The molecule has 6 nitrogen and oxygen atoms in total. The van der Waals surface area contributed by atoms with E-state index < -0.39 is 10.0 Å². The highest BCUT2D eigenvalue weighted by atomic mass is 32.2. The second-order valence-corrected chi connectivity index (χ2v) is 8.13. The zero-order valence-electron chi connectivity index (χ0n) is 14.5. The first-order chi connectivity index (χ1) is 12.4. The Hall–Kier alpha value is -2.58. The molecule has 0 aliphatic heterocycles. The molecule has 0 fully saturated rings. The van der Waals surface area contributed by atoms with E-state index in [-0.39, 0.29) is 10.6 Å². The Balaban J connectivity index is 2.04. The van der Waals surface area contributed by atoms with Gasteiger partial charge in [-0.1, -0.05) is 18.2 Å². The molecular weight excluding hydrogens is 372 g/mol. The fraction of sp³-hybridized carbons (Fsp3) is 0.167. The summed E-state index contributed by atoms with van der Waals surface area (Å²) in [5.41, 5.74) is 1.88. The van der Waals surface area contributed by atoms with Crippen LogP contribution in [0.1, 0.15) is 5.01 Å². The van der Waals surface area contributed by atoms with Gasteiger partial charge in [0.1, 0.15) is 16.4 Å². The lowest BCUT2D eigenvalue weighted by atomic mass is 10.1. The van der Waals surface area contributed by atoms with Crippen LogP contribution in [0.2, 0.25) is 0 Å². The van der Waals surface area contributed by atoms with Crippen molar-refractivity contribution in [1.29, 1.82) is 0 Å². The fourth-order valence-corrected chi connectivity index (χ4v) is 4.35. The number of anilines is 1. The van der Waals surface area contributed by atoms with Gasteiger partial charge >= 0.3 is 0 Å². The maximum absolute atomic E-state index is 13.0. The first-order valence-corrected chi connectivity index (χ1v) is 10.1. The van der Waals surface area contributed by atoms with Gasteiger partial charge in [-0.25, -0.2) is 13.4 Å². The number of benzene rings is 2. The first-order valence-electron chi connectivity index (χ1n) is 7.71. The zero-order valence-corrected chi connectivity index (χ0v) is 16.1. The van der Waals surface area contributed by atoms with E-state index in [1.54, 1.807) is 24.3 Å². The number of nitrogens with one attached hydrogen (secondary N) is 1. The van der Waals surface area contributed by atoms with Gasteiger partial charge in [0.25, 0.3) is 10.0 Å². The topological polar surface area (TPSA) is 77.5 Å². The van der Waals surface area contributed by atoms with Gasteiger partial charge in [0.15, 0.2) is 0 Å². The second kappa shape index (κ2) is 7.35. The SMILES string of the molecule is COc1ccc(OC)c(S(=O)(=O)Nc2ccccc2-c2csc(C)n2)c1. The summed E-state index contributed by atoms with van der Waals surface area (Å²) in [5.74, 6) is 0.662. The van der Waals surface area contributed by atoms with E-state index >= 15 is 0 Å². The molecule has 1 N–H and O–H groups in total. The van der Waals surface area contributed by atoms with E-state index in [0.29, 0.717) is 17.0 Å². The van der Waals surface area contributed by atoms with Gasteiger partial charge in [0, 0.05) is 17.0 Å². The third-order valence-corrected chi connectivity index (χ3v) is 5.89. The van der Waals surface area contributed by atoms with Crippen molar-refractivity contribution in [2.75, 3.05) is 18.9 Å². The van der Waals surface area contributed by atoms with Gasteiger partial charge in [-0.15, -0.1) is 11.3 Å². The molecule has 0 aliphatic carbocycles. The minimum Gasteiger partial charge on any atom is -0.497 e. The molecule has 0 radical (unpaired) electrons. The molecule has 3 aromatic rings. The van der Waals surface area contributed by atoms with E-state index in [2.05, 4.69) is 9.71 Å². The second-order valence-electron chi connectivity index (χ2n) is 5.42. The number of para-hydroxylation sites is 1. The Morgan fingerprint density at radius 2 is 1.85 bits per heavy atom. The molecule has 0 spiro atoms. The van der Waals surface area contributed by atoms with Crippen LogP contribution >= 0.6 is 11.3 Å². The summed E-state index contributed by atoms with van der Waals surface area (Å²) in [4.78, 5) is 4.45. The summed E-state index contributed by atoms with van der Waals surface area (Å²) in [6.07, 6.45) is 0. The van der Waals surface area contributed by atoms with Crippen LogP contribution < -0.4 is 14.2 Å². The zero-order chi connectivity index (χ0) is 18.7. The summed E-state index contributed by atoms with van der Waals surface area (Å²) in [7, 11) is -0.991. The third kappa shape index (κ3) is 3.66. The van der Waals surface area contributed by atoms with Gasteiger partial charge in [-0.05, 0) is 25.1 Å². The Morgan fingerprint density at radius 3 is 2.50 bits per heavy atom. The summed E-state index contributed by atoms with van der Waals surface area (Å²) < 4.78 is 38.9. The number of aryl methyl sites for hydroxylation is 1. The highest BCUT2D eigenvalue weighted by Crippen LogP contribution is 2.33. The van der Waals surface area contributed by atoms with Crippen LogP contribution in [-0.4, -0.2) is 27.6 Å². The quantitative estimate of drug-likeness (QED) is 0.690. The molecule has 3 rings (SSSR count). The number of sulfonamides is 1. The molecule has 0 unspecified atom stereocenters. The van der Waals surface area contributed by atoms with Crippen molar-refractivity contribution in [2.24, 2.45) is 0 Å². The Kier molecular flexibility index (Phi) is 5.15. The van der Waals surface area contributed by atoms with Gasteiger partial charge in [-0.2, -0.15) is 0 Å². The van der Waals surface area contributed by atoms with Crippen molar-refractivity contribution >= 4 is 27.0 Å². The van der Waals surface area contributed by atoms with Crippen LogP contribution in [-0.2, 0) is 10.0 Å². The maximum atomic E-state index is 13.0. The molecule has 0 bridgehead atoms. The number of aromatic nitrogens is 1. The molecule has 0 amide bonds. The van der Waals surface area contributed by atoms with Crippen molar-refractivity contribution in [1.82, 2.24) is 4.98 Å². The monoisotopic (exact) mass is 390 g/mol. The lowest BCUT2D eigenvalue weighted by molar-refractivity contribution is 0.392. The van der Waals surface area contributed by atoms with Crippen LogP contribution in [0, 0.1) is 6.92 Å². The average Bonchev–Trinajstić information content (AvgIpc) is 3.07. The lowest BCUT2D eigenvalue weighted by Crippen LogP contribution is -2.15. The number of ether oxygens (including phenoxy) is 2. The Labute approximate surface area is 156 Å². The highest BCUT2D eigenvalue weighted by molar-refractivity contribution is 7.92. The largest absolute Gasteiger partial charge is 0.497 e. The molecule has 2 aromatic carbocycles. The highest BCUT2D eigenvalue weighted by Gasteiger charge is 2.22. The van der Waals surface area contributed by atoms with Crippen molar-refractivity contribution < 1.29 is 17.9 Å². The molecule has 1 heterocycles. The van der Waals surface area contributed by atoms with Crippen molar-refractivity contribution in [3.63, 3.8) is 0 Å². The van der Waals surface area contributed by atoms with E-state index in [9.17, 15) is 8.42 Å². The van der Waals surface area contributed by atoms with Gasteiger partial charge in [-0.3, -0.25) is 4.72 Å². The number of hydrogen-bond acceptors (Lipinski definition) is 6. The third-order valence-electron chi connectivity index (χ3n) is 3.73. The lowest BCUT2D eigenvalue weighted by Gasteiger charge is -2.14. The minimum absolute atomic E-state index is 0.00334. The molecule has 0 atom stereocenters. The number of nitrogens with zero attached hydrogens (tertiary/aromatic N) is 1. The molecule has 136 valence electrons.